The Labute approximate surface area is 150 Å². The van der Waals surface area contributed by atoms with Crippen molar-refractivity contribution in [2.24, 2.45) is 0 Å². The second kappa shape index (κ2) is 8.23. The molecule has 0 aliphatic carbocycles. The Morgan fingerprint density at radius 2 is 1.69 bits per heavy atom. The van der Waals surface area contributed by atoms with Crippen LogP contribution in [0.25, 0.3) is 0 Å². The molecule has 2 aromatic rings. The fraction of sp³-hybridized carbons (Fsp3) is 0.316. The Hall–Kier alpha value is -2.54. The molecule has 0 spiro atoms. The van der Waals surface area contributed by atoms with E-state index >= 15 is 0 Å². The minimum absolute atomic E-state index is 0.291. The van der Waals surface area contributed by atoms with Crippen LogP contribution in [0.5, 0.6) is 5.75 Å². The zero-order valence-corrected chi connectivity index (χ0v) is 14.8. The molecule has 0 aliphatic rings. The number of amides is 1. The van der Waals surface area contributed by atoms with Crippen molar-refractivity contribution >= 4 is 11.6 Å². The number of benzene rings is 2. The summed E-state index contributed by atoms with van der Waals surface area (Å²) in [4.78, 5) is 14.2. The number of ether oxygens (including phenoxy) is 1. The zero-order chi connectivity index (χ0) is 19.3. The van der Waals surface area contributed by atoms with Crippen molar-refractivity contribution in [3.8, 4) is 5.75 Å². The molecule has 1 N–H and O–H groups in total. The Balaban J connectivity index is 1.95. The van der Waals surface area contributed by atoms with Crippen LogP contribution in [0, 0.1) is 0 Å². The van der Waals surface area contributed by atoms with Gasteiger partial charge in [-0.05, 0) is 55.9 Å². The highest BCUT2D eigenvalue weighted by Crippen LogP contribution is 2.29. The molecule has 7 heteroatoms. The Morgan fingerprint density at radius 3 is 2.19 bits per heavy atom. The maximum atomic E-state index is 12.6. The number of anilines is 1. The number of methoxy groups -OCH3 is 1. The molecule has 0 aromatic heterocycles. The van der Waals surface area contributed by atoms with Crippen LogP contribution in [0.15, 0.2) is 48.5 Å². The summed E-state index contributed by atoms with van der Waals surface area (Å²) < 4.78 is 42.8. The first-order valence-corrected chi connectivity index (χ1v) is 8.02. The molecule has 0 bridgehead atoms. The van der Waals surface area contributed by atoms with Gasteiger partial charge in [0.15, 0.2) is 0 Å². The molecule has 0 saturated carbocycles. The van der Waals surface area contributed by atoms with Crippen molar-refractivity contribution in [3.05, 3.63) is 59.7 Å². The number of likely N-dealkylation sites (N-methyl/N-ethyl adjacent to an activating group) is 1. The van der Waals surface area contributed by atoms with E-state index in [0.29, 0.717) is 12.2 Å². The van der Waals surface area contributed by atoms with E-state index in [2.05, 4.69) is 5.32 Å². The lowest BCUT2D eigenvalue weighted by Crippen LogP contribution is -2.39. The van der Waals surface area contributed by atoms with Gasteiger partial charge in [-0.3, -0.25) is 9.69 Å². The van der Waals surface area contributed by atoms with Crippen LogP contribution in [0.4, 0.5) is 18.9 Å². The van der Waals surface area contributed by atoms with Crippen molar-refractivity contribution in [1.82, 2.24) is 4.90 Å². The fourth-order valence-corrected chi connectivity index (χ4v) is 2.35. The summed E-state index contributed by atoms with van der Waals surface area (Å²) in [5.41, 5.74) is 0.593. The predicted octanol–water partition coefficient (Wildman–Crippen LogP) is 4.17. The van der Waals surface area contributed by atoms with Gasteiger partial charge >= 0.3 is 6.18 Å². The number of hydrogen-bond donors (Lipinski definition) is 1. The molecule has 0 fully saturated rings. The van der Waals surface area contributed by atoms with Gasteiger partial charge in [-0.25, -0.2) is 0 Å². The maximum Gasteiger partial charge on any atom is 0.416 e. The van der Waals surface area contributed by atoms with E-state index < -0.39 is 17.8 Å². The summed E-state index contributed by atoms with van der Waals surface area (Å²) in [6.07, 6.45) is -4.39. The number of rotatable bonds is 6. The second-order valence-electron chi connectivity index (χ2n) is 6.00. The standard InChI is InChI=1S/C19H21F3N2O2/c1-13(24(2)12-14-4-10-17(26-3)11-5-14)18(25)23-16-8-6-15(7-9-16)19(20,21)22/h4-11,13H,12H2,1-3H3,(H,23,25)/t13-/m0/s1. The summed E-state index contributed by atoms with van der Waals surface area (Å²) in [7, 11) is 3.40. The lowest BCUT2D eigenvalue weighted by Gasteiger charge is -2.24. The predicted molar refractivity (Wildman–Crippen MR) is 94.0 cm³/mol. The van der Waals surface area contributed by atoms with Gasteiger partial charge in [-0.15, -0.1) is 0 Å². The first kappa shape index (κ1) is 19.8. The highest BCUT2D eigenvalue weighted by Gasteiger charge is 2.30. The summed E-state index contributed by atoms with van der Waals surface area (Å²) in [5.74, 6) is 0.463. The molecule has 26 heavy (non-hydrogen) atoms. The molecule has 0 unspecified atom stereocenters. The van der Waals surface area contributed by atoms with Gasteiger partial charge in [-0.2, -0.15) is 13.2 Å². The normalized spacial score (nSPS) is 12.7. The average molecular weight is 366 g/mol. The maximum absolute atomic E-state index is 12.6. The van der Waals surface area contributed by atoms with Gasteiger partial charge in [-0.1, -0.05) is 12.1 Å². The Bertz CT molecular complexity index is 728. The number of halogens is 3. The van der Waals surface area contributed by atoms with Crippen LogP contribution in [0.2, 0.25) is 0 Å². The topological polar surface area (TPSA) is 41.6 Å². The highest BCUT2D eigenvalue weighted by molar-refractivity contribution is 5.94. The quantitative estimate of drug-likeness (QED) is 0.834. The lowest BCUT2D eigenvalue weighted by atomic mass is 10.1. The number of alkyl halides is 3. The number of nitrogens with zero attached hydrogens (tertiary/aromatic N) is 1. The van der Waals surface area contributed by atoms with Crippen LogP contribution in [-0.2, 0) is 17.5 Å². The summed E-state index contributed by atoms with van der Waals surface area (Å²) in [6, 6.07) is 11.4. The molecule has 0 saturated heterocycles. The van der Waals surface area contributed by atoms with Crippen LogP contribution in [0.1, 0.15) is 18.1 Å². The lowest BCUT2D eigenvalue weighted by molar-refractivity contribution is -0.137. The van der Waals surface area contributed by atoms with E-state index in [0.717, 1.165) is 23.4 Å². The largest absolute Gasteiger partial charge is 0.497 e. The molecule has 4 nitrogen and oxygen atoms in total. The molecule has 140 valence electrons. The molecule has 0 heterocycles. The van der Waals surface area contributed by atoms with E-state index in [1.54, 1.807) is 21.1 Å². The third-order valence-electron chi connectivity index (χ3n) is 4.11. The third-order valence-corrected chi connectivity index (χ3v) is 4.11. The molecule has 1 atom stereocenters. The molecule has 2 rings (SSSR count). The van der Waals surface area contributed by atoms with Gasteiger partial charge in [0, 0.05) is 12.2 Å². The number of carbonyl (C=O) groups excluding carboxylic acids is 1. The second-order valence-corrected chi connectivity index (χ2v) is 6.00. The van der Waals surface area contributed by atoms with Crippen LogP contribution in [-0.4, -0.2) is 31.0 Å². The highest BCUT2D eigenvalue weighted by atomic mass is 19.4. The molecule has 1 amide bonds. The SMILES string of the molecule is COc1ccc(CN(C)[C@@H](C)C(=O)Nc2ccc(C(F)(F)F)cc2)cc1. The van der Waals surface area contributed by atoms with E-state index in [-0.39, 0.29) is 5.91 Å². The first-order valence-electron chi connectivity index (χ1n) is 8.02. The van der Waals surface area contributed by atoms with Crippen LogP contribution < -0.4 is 10.1 Å². The third kappa shape index (κ3) is 5.23. The smallest absolute Gasteiger partial charge is 0.416 e. The van der Waals surface area contributed by atoms with Crippen molar-refractivity contribution in [1.29, 1.82) is 0 Å². The van der Waals surface area contributed by atoms with Gasteiger partial charge in [0.1, 0.15) is 5.75 Å². The zero-order valence-electron chi connectivity index (χ0n) is 14.8. The summed E-state index contributed by atoms with van der Waals surface area (Å²) >= 11 is 0. The van der Waals surface area contributed by atoms with Crippen molar-refractivity contribution in [2.45, 2.75) is 25.7 Å². The monoisotopic (exact) mass is 366 g/mol. The Kier molecular flexibility index (Phi) is 6.26. The Morgan fingerprint density at radius 1 is 1.12 bits per heavy atom. The molecular weight excluding hydrogens is 345 g/mol. The van der Waals surface area contributed by atoms with Crippen molar-refractivity contribution in [2.75, 3.05) is 19.5 Å². The summed E-state index contributed by atoms with van der Waals surface area (Å²) in [5, 5.41) is 2.64. The number of carbonyl (C=O) groups is 1. The van der Waals surface area contributed by atoms with Gasteiger partial charge in [0.25, 0.3) is 0 Å². The molecular formula is C19H21F3N2O2. The number of hydrogen-bond acceptors (Lipinski definition) is 3. The fourth-order valence-electron chi connectivity index (χ4n) is 2.35. The van der Waals surface area contributed by atoms with Gasteiger partial charge in [0.05, 0.1) is 18.7 Å². The number of nitrogens with one attached hydrogen (secondary N) is 1. The van der Waals surface area contributed by atoms with Crippen molar-refractivity contribution in [3.63, 3.8) is 0 Å². The van der Waals surface area contributed by atoms with E-state index in [4.69, 9.17) is 4.74 Å². The molecule has 2 aromatic carbocycles. The molecule has 0 radical (unpaired) electrons. The van der Waals surface area contributed by atoms with E-state index in [1.807, 2.05) is 29.2 Å². The minimum Gasteiger partial charge on any atom is -0.497 e. The van der Waals surface area contributed by atoms with E-state index in [1.165, 1.54) is 12.1 Å². The van der Waals surface area contributed by atoms with Crippen LogP contribution >= 0.6 is 0 Å². The summed E-state index contributed by atoms with van der Waals surface area (Å²) in [6.45, 7) is 2.29. The van der Waals surface area contributed by atoms with Gasteiger partial charge in [0.2, 0.25) is 5.91 Å². The van der Waals surface area contributed by atoms with Crippen molar-refractivity contribution < 1.29 is 22.7 Å². The first-order chi connectivity index (χ1) is 12.2. The minimum atomic E-state index is -4.39. The van der Waals surface area contributed by atoms with Crippen LogP contribution in [0.3, 0.4) is 0 Å². The van der Waals surface area contributed by atoms with Gasteiger partial charge < -0.3 is 10.1 Å². The molecule has 0 aliphatic heterocycles. The average Bonchev–Trinajstić information content (AvgIpc) is 2.61. The van der Waals surface area contributed by atoms with E-state index in [9.17, 15) is 18.0 Å².